The summed E-state index contributed by atoms with van der Waals surface area (Å²) in [7, 11) is 1.71. The van der Waals surface area contributed by atoms with Gasteiger partial charge in [0.1, 0.15) is 11.5 Å². The van der Waals surface area contributed by atoms with Crippen LogP contribution in [0.1, 0.15) is 17.4 Å². The van der Waals surface area contributed by atoms with Crippen molar-refractivity contribution in [3.63, 3.8) is 0 Å². The van der Waals surface area contributed by atoms with Crippen LogP contribution in [0.5, 0.6) is 0 Å². The fourth-order valence-corrected chi connectivity index (χ4v) is 1.72. The molecule has 0 fully saturated rings. The molecule has 0 saturated carbocycles. The summed E-state index contributed by atoms with van der Waals surface area (Å²) in [5.41, 5.74) is 0.791. The Morgan fingerprint density at radius 2 is 1.90 bits per heavy atom. The molecule has 2 rings (SSSR count). The first kappa shape index (κ1) is 14.8. The zero-order valence-corrected chi connectivity index (χ0v) is 11.7. The molecular formula is C15H15FN2O3. The van der Waals surface area contributed by atoms with Gasteiger partial charge in [-0.25, -0.2) is 9.18 Å². The first-order valence-electron chi connectivity index (χ1n) is 6.36. The lowest BCUT2D eigenvalue weighted by atomic mass is 10.3. The molecule has 1 aromatic heterocycles. The molecule has 0 aliphatic heterocycles. The molecule has 0 unspecified atom stereocenters. The van der Waals surface area contributed by atoms with Gasteiger partial charge in [0.25, 0.3) is 5.91 Å². The third kappa shape index (κ3) is 3.68. The number of esters is 1. The zero-order chi connectivity index (χ0) is 15.4. The van der Waals surface area contributed by atoms with E-state index in [0.717, 1.165) is 0 Å². The van der Waals surface area contributed by atoms with Gasteiger partial charge in [-0.05, 0) is 43.3 Å². The summed E-state index contributed by atoms with van der Waals surface area (Å²) < 4.78 is 19.5. The van der Waals surface area contributed by atoms with E-state index >= 15 is 0 Å². The zero-order valence-electron chi connectivity index (χ0n) is 11.7. The molecule has 1 heterocycles. The molecule has 5 nitrogen and oxygen atoms in total. The van der Waals surface area contributed by atoms with Gasteiger partial charge in [-0.3, -0.25) is 4.79 Å². The van der Waals surface area contributed by atoms with Gasteiger partial charge < -0.3 is 14.6 Å². The summed E-state index contributed by atoms with van der Waals surface area (Å²) in [5, 5.41) is 2.54. The van der Waals surface area contributed by atoms with Crippen LogP contribution in [0.15, 0.2) is 42.6 Å². The second-order valence-corrected chi connectivity index (χ2v) is 4.55. The van der Waals surface area contributed by atoms with Crippen molar-refractivity contribution >= 4 is 17.6 Å². The van der Waals surface area contributed by atoms with Gasteiger partial charge in [0.15, 0.2) is 6.10 Å². The molecule has 1 amide bonds. The molecule has 21 heavy (non-hydrogen) atoms. The van der Waals surface area contributed by atoms with Gasteiger partial charge >= 0.3 is 5.97 Å². The Hall–Kier alpha value is -2.63. The summed E-state index contributed by atoms with van der Waals surface area (Å²) in [6.07, 6.45) is 0.747. The molecule has 0 spiro atoms. The maximum atomic E-state index is 12.8. The lowest BCUT2D eigenvalue weighted by Gasteiger charge is -2.13. The lowest BCUT2D eigenvalue weighted by Crippen LogP contribution is -2.30. The molecule has 2 aromatic rings. The number of aromatic nitrogens is 1. The van der Waals surface area contributed by atoms with Crippen LogP contribution in [-0.2, 0) is 16.6 Å². The number of hydrogen-bond donors (Lipinski definition) is 1. The van der Waals surface area contributed by atoms with E-state index in [-0.39, 0.29) is 0 Å². The molecule has 0 bridgehead atoms. The van der Waals surface area contributed by atoms with Crippen LogP contribution < -0.4 is 5.32 Å². The summed E-state index contributed by atoms with van der Waals surface area (Å²) >= 11 is 0. The molecule has 0 saturated heterocycles. The van der Waals surface area contributed by atoms with E-state index < -0.39 is 23.8 Å². The minimum atomic E-state index is -0.961. The first-order chi connectivity index (χ1) is 9.97. The highest BCUT2D eigenvalue weighted by Crippen LogP contribution is 2.10. The summed E-state index contributed by atoms with van der Waals surface area (Å²) in [5.74, 6) is -1.45. The minimum Gasteiger partial charge on any atom is -0.448 e. The quantitative estimate of drug-likeness (QED) is 0.879. The lowest BCUT2D eigenvalue weighted by molar-refractivity contribution is -0.123. The highest BCUT2D eigenvalue weighted by molar-refractivity contribution is 5.96. The van der Waals surface area contributed by atoms with Crippen molar-refractivity contribution in [1.29, 1.82) is 0 Å². The topological polar surface area (TPSA) is 60.3 Å². The highest BCUT2D eigenvalue weighted by Gasteiger charge is 2.20. The number of halogens is 1. The molecule has 1 N–H and O–H groups in total. The van der Waals surface area contributed by atoms with Crippen molar-refractivity contribution in [2.75, 3.05) is 5.32 Å². The maximum Gasteiger partial charge on any atom is 0.355 e. The molecule has 6 heteroatoms. The normalized spacial score (nSPS) is 11.8. The van der Waals surface area contributed by atoms with Crippen LogP contribution in [0.2, 0.25) is 0 Å². The van der Waals surface area contributed by atoms with Crippen molar-refractivity contribution in [2.45, 2.75) is 13.0 Å². The third-order valence-electron chi connectivity index (χ3n) is 2.92. The number of amides is 1. The Kier molecular flexibility index (Phi) is 4.37. The van der Waals surface area contributed by atoms with Gasteiger partial charge in [-0.1, -0.05) is 0 Å². The van der Waals surface area contributed by atoms with Gasteiger partial charge in [-0.15, -0.1) is 0 Å². The average molecular weight is 290 g/mol. The fourth-order valence-electron chi connectivity index (χ4n) is 1.72. The van der Waals surface area contributed by atoms with Gasteiger partial charge in [0.05, 0.1) is 0 Å². The number of hydrogen-bond acceptors (Lipinski definition) is 3. The van der Waals surface area contributed by atoms with E-state index in [1.807, 2.05) is 0 Å². The second-order valence-electron chi connectivity index (χ2n) is 4.55. The van der Waals surface area contributed by atoms with Crippen LogP contribution in [0.4, 0.5) is 10.1 Å². The molecule has 1 aromatic carbocycles. The van der Waals surface area contributed by atoms with Crippen molar-refractivity contribution in [2.24, 2.45) is 7.05 Å². The molecule has 110 valence electrons. The van der Waals surface area contributed by atoms with E-state index in [2.05, 4.69) is 5.32 Å². The Labute approximate surface area is 121 Å². The highest BCUT2D eigenvalue weighted by atomic mass is 19.1. The second kappa shape index (κ2) is 6.21. The minimum absolute atomic E-state index is 0.358. The first-order valence-corrected chi connectivity index (χ1v) is 6.36. The molecular weight excluding hydrogens is 275 g/mol. The van der Waals surface area contributed by atoms with E-state index in [9.17, 15) is 14.0 Å². The van der Waals surface area contributed by atoms with Crippen molar-refractivity contribution in [1.82, 2.24) is 4.57 Å². The fraction of sp³-hybridized carbons (Fsp3) is 0.200. The number of nitrogens with one attached hydrogen (secondary N) is 1. The Morgan fingerprint density at radius 1 is 1.24 bits per heavy atom. The number of carbonyl (C=O) groups is 2. The molecule has 0 aliphatic carbocycles. The Bertz CT molecular complexity index is 649. The summed E-state index contributed by atoms with van der Waals surface area (Å²) in [6, 6.07) is 8.64. The van der Waals surface area contributed by atoms with Crippen molar-refractivity contribution in [3.8, 4) is 0 Å². The van der Waals surface area contributed by atoms with Gasteiger partial charge in [0, 0.05) is 18.9 Å². The Balaban J connectivity index is 1.95. The SMILES string of the molecule is C[C@@H](OC(=O)c1cccn1C)C(=O)Nc1ccc(F)cc1. The van der Waals surface area contributed by atoms with E-state index in [4.69, 9.17) is 4.74 Å². The van der Waals surface area contributed by atoms with Crippen LogP contribution in [-0.4, -0.2) is 22.5 Å². The number of benzene rings is 1. The third-order valence-corrected chi connectivity index (χ3v) is 2.92. The Morgan fingerprint density at radius 3 is 2.48 bits per heavy atom. The summed E-state index contributed by atoms with van der Waals surface area (Å²) in [6.45, 7) is 1.47. The predicted octanol–water partition coefficient (Wildman–Crippen LogP) is 2.35. The van der Waals surface area contributed by atoms with E-state index in [0.29, 0.717) is 11.4 Å². The maximum absolute atomic E-state index is 12.8. The predicted molar refractivity (Wildman–Crippen MR) is 75.3 cm³/mol. The van der Waals surface area contributed by atoms with Crippen molar-refractivity contribution in [3.05, 3.63) is 54.1 Å². The average Bonchev–Trinajstić information content (AvgIpc) is 2.87. The largest absolute Gasteiger partial charge is 0.448 e. The molecule has 1 atom stereocenters. The monoisotopic (exact) mass is 290 g/mol. The van der Waals surface area contributed by atoms with E-state index in [1.165, 1.54) is 31.2 Å². The number of aryl methyl sites for hydroxylation is 1. The van der Waals surface area contributed by atoms with Crippen LogP contribution in [0.3, 0.4) is 0 Å². The van der Waals surface area contributed by atoms with Gasteiger partial charge in [-0.2, -0.15) is 0 Å². The van der Waals surface area contributed by atoms with Gasteiger partial charge in [0.2, 0.25) is 0 Å². The van der Waals surface area contributed by atoms with Crippen LogP contribution in [0, 0.1) is 5.82 Å². The number of rotatable bonds is 4. The molecule has 0 radical (unpaired) electrons. The number of anilines is 1. The molecule has 0 aliphatic rings. The van der Waals surface area contributed by atoms with Crippen molar-refractivity contribution < 1.29 is 18.7 Å². The standard InChI is InChI=1S/C15H15FN2O3/c1-10(21-15(20)13-4-3-9-18(13)2)14(19)17-12-7-5-11(16)6-8-12/h3-10H,1-2H3,(H,17,19)/t10-/m1/s1. The van der Waals surface area contributed by atoms with Crippen LogP contribution >= 0.6 is 0 Å². The number of ether oxygens (including phenoxy) is 1. The smallest absolute Gasteiger partial charge is 0.355 e. The summed E-state index contributed by atoms with van der Waals surface area (Å²) in [4.78, 5) is 23.8. The van der Waals surface area contributed by atoms with Crippen LogP contribution in [0.25, 0.3) is 0 Å². The number of nitrogens with zero attached hydrogens (tertiary/aromatic N) is 1. The van der Waals surface area contributed by atoms with E-state index in [1.54, 1.807) is 29.9 Å². The number of carbonyl (C=O) groups excluding carboxylic acids is 2.